The second-order valence-electron chi connectivity index (χ2n) is 7.00. The summed E-state index contributed by atoms with van der Waals surface area (Å²) in [5.74, 6) is 0.605. The summed E-state index contributed by atoms with van der Waals surface area (Å²) in [6, 6.07) is 33.4. The van der Waals surface area contributed by atoms with Crippen LogP contribution >= 0.6 is 7.26 Å². The van der Waals surface area contributed by atoms with Crippen molar-refractivity contribution < 1.29 is 24.0 Å². The topological polar surface area (TPSA) is 0 Å². The summed E-state index contributed by atoms with van der Waals surface area (Å²) in [6.45, 7) is 4.48. The van der Waals surface area contributed by atoms with E-state index in [-0.39, 0.29) is 24.0 Å². The molecule has 140 valence electrons. The van der Waals surface area contributed by atoms with E-state index in [4.69, 9.17) is 0 Å². The Morgan fingerprint density at radius 1 is 0.667 bits per heavy atom. The molecule has 27 heavy (non-hydrogen) atoms. The Labute approximate surface area is 182 Å². The zero-order chi connectivity index (χ0) is 18.2. The fourth-order valence-electron chi connectivity index (χ4n) is 3.52. The van der Waals surface area contributed by atoms with Gasteiger partial charge in [0.25, 0.3) is 0 Å². The third-order valence-corrected chi connectivity index (χ3v) is 9.21. The molecule has 0 aliphatic rings. The van der Waals surface area contributed by atoms with Gasteiger partial charge in [0.2, 0.25) is 0 Å². The molecule has 0 N–H and O–H groups in total. The van der Waals surface area contributed by atoms with Crippen molar-refractivity contribution >= 4 is 23.2 Å². The van der Waals surface area contributed by atoms with E-state index in [0.717, 1.165) is 12.6 Å². The standard InChI is InChI=1S/C25H28P.HI/c1-22(2)14-12-13-21-26(23-15-6-3-7-16-23,24-17-8-4-9-18-24)25-19-10-5-11-20-25;/h3-12,14-20,22H,13,21H2,1-2H3;1H/q+1;/p-1/b14-12-;. The number of hydrogen-bond donors (Lipinski definition) is 0. The van der Waals surface area contributed by atoms with Crippen molar-refractivity contribution in [3.8, 4) is 0 Å². The highest BCUT2D eigenvalue weighted by atomic mass is 127. The second-order valence-corrected chi connectivity index (χ2v) is 10.6. The average Bonchev–Trinajstić information content (AvgIpc) is 2.70. The molecule has 3 aromatic carbocycles. The maximum atomic E-state index is 2.37. The Balaban J connectivity index is 0.00000261. The summed E-state index contributed by atoms with van der Waals surface area (Å²) in [5, 5.41) is 4.40. The average molecular weight is 486 g/mol. The molecule has 0 amide bonds. The largest absolute Gasteiger partial charge is 1.00 e. The number of allylic oxidation sites excluding steroid dienone is 2. The lowest BCUT2D eigenvalue weighted by atomic mass is 10.2. The molecule has 0 fully saturated rings. The van der Waals surface area contributed by atoms with Crippen LogP contribution in [0.25, 0.3) is 0 Å². The van der Waals surface area contributed by atoms with Gasteiger partial charge in [-0.3, -0.25) is 0 Å². The maximum Gasteiger partial charge on any atom is 0.112 e. The van der Waals surface area contributed by atoms with Crippen LogP contribution in [0, 0.1) is 5.92 Å². The summed E-state index contributed by atoms with van der Waals surface area (Å²) >= 11 is 0. The first-order valence-electron chi connectivity index (χ1n) is 9.45. The van der Waals surface area contributed by atoms with Crippen LogP contribution in [0.15, 0.2) is 103 Å². The molecule has 3 aromatic rings. The van der Waals surface area contributed by atoms with Gasteiger partial charge in [0, 0.05) is 6.42 Å². The lowest BCUT2D eigenvalue weighted by Crippen LogP contribution is -3.00. The quantitative estimate of drug-likeness (QED) is 0.274. The maximum absolute atomic E-state index is 2.37. The molecule has 3 rings (SSSR count). The third-order valence-electron chi connectivity index (χ3n) is 4.74. The van der Waals surface area contributed by atoms with Crippen molar-refractivity contribution in [1.82, 2.24) is 0 Å². The molecule has 0 aromatic heterocycles. The van der Waals surface area contributed by atoms with Gasteiger partial charge in [-0.25, -0.2) is 0 Å². The highest BCUT2D eigenvalue weighted by Crippen LogP contribution is 2.55. The van der Waals surface area contributed by atoms with Crippen molar-refractivity contribution in [3.63, 3.8) is 0 Å². The zero-order valence-corrected chi connectivity index (χ0v) is 19.2. The van der Waals surface area contributed by atoms with Gasteiger partial charge in [-0.15, -0.1) is 0 Å². The van der Waals surface area contributed by atoms with Crippen molar-refractivity contribution in [2.24, 2.45) is 5.92 Å². The minimum atomic E-state index is -1.66. The van der Waals surface area contributed by atoms with E-state index < -0.39 is 7.26 Å². The first kappa shape index (κ1) is 21.9. The molecule has 0 bridgehead atoms. The Morgan fingerprint density at radius 3 is 1.37 bits per heavy atom. The van der Waals surface area contributed by atoms with E-state index in [0.29, 0.717) is 5.92 Å². The Bertz CT molecular complexity index is 714. The van der Waals surface area contributed by atoms with Crippen molar-refractivity contribution in [3.05, 3.63) is 103 Å². The molecule has 0 radical (unpaired) electrons. The van der Waals surface area contributed by atoms with Gasteiger partial charge in [-0.05, 0) is 42.3 Å². The molecule has 0 aliphatic carbocycles. The highest BCUT2D eigenvalue weighted by Gasteiger charge is 2.44. The van der Waals surface area contributed by atoms with Gasteiger partial charge in [0.1, 0.15) is 23.2 Å². The smallest absolute Gasteiger partial charge is 0.112 e. The molecule has 0 saturated heterocycles. The Morgan fingerprint density at radius 2 is 1.04 bits per heavy atom. The lowest BCUT2D eigenvalue weighted by molar-refractivity contribution is -0.00000525. The number of halogens is 1. The van der Waals surface area contributed by atoms with Crippen LogP contribution in [0.5, 0.6) is 0 Å². The highest BCUT2D eigenvalue weighted by molar-refractivity contribution is 7.95. The molecule has 0 heterocycles. The van der Waals surface area contributed by atoms with Gasteiger partial charge in [0.05, 0.1) is 6.16 Å². The molecular formula is C25H28IP. The fraction of sp³-hybridized carbons (Fsp3) is 0.200. The van der Waals surface area contributed by atoms with Crippen LogP contribution in [-0.4, -0.2) is 6.16 Å². The number of hydrogen-bond acceptors (Lipinski definition) is 0. The van der Waals surface area contributed by atoms with E-state index in [9.17, 15) is 0 Å². The molecule has 0 saturated carbocycles. The van der Waals surface area contributed by atoms with Gasteiger partial charge in [0.15, 0.2) is 0 Å². The van der Waals surface area contributed by atoms with E-state index >= 15 is 0 Å². The van der Waals surface area contributed by atoms with E-state index in [1.54, 1.807) is 0 Å². The fourth-order valence-corrected chi connectivity index (χ4v) is 7.77. The molecule has 0 spiro atoms. The van der Waals surface area contributed by atoms with Crippen LogP contribution in [0.2, 0.25) is 0 Å². The first-order valence-corrected chi connectivity index (χ1v) is 11.4. The van der Waals surface area contributed by atoms with Gasteiger partial charge in [-0.1, -0.05) is 80.6 Å². The first-order chi connectivity index (χ1) is 12.7. The minimum Gasteiger partial charge on any atom is -1.00 e. The predicted molar refractivity (Wildman–Crippen MR) is 119 cm³/mol. The zero-order valence-electron chi connectivity index (χ0n) is 16.1. The molecule has 0 aliphatic heterocycles. The number of benzene rings is 3. The molecular weight excluding hydrogens is 458 g/mol. The van der Waals surface area contributed by atoms with Crippen LogP contribution in [0.1, 0.15) is 20.3 Å². The normalized spacial score (nSPS) is 11.5. The molecule has 0 atom stereocenters. The molecule has 2 heteroatoms. The van der Waals surface area contributed by atoms with Crippen LogP contribution < -0.4 is 39.9 Å². The minimum absolute atomic E-state index is 0. The Kier molecular flexibility index (Phi) is 8.73. The van der Waals surface area contributed by atoms with Gasteiger partial charge in [-0.2, -0.15) is 0 Å². The van der Waals surface area contributed by atoms with Crippen molar-refractivity contribution in [2.75, 3.05) is 6.16 Å². The molecule has 0 unspecified atom stereocenters. The number of rotatable bonds is 7. The summed E-state index contributed by atoms with van der Waals surface area (Å²) in [4.78, 5) is 0. The van der Waals surface area contributed by atoms with Crippen molar-refractivity contribution in [1.29, 1.82) is 0 Å². The van der Waals surface area contributed by atoms with Gasteiger partial charge < -0.3 is 24.0 Å². The third kappa shape index (κ3) is 5.30. The van der Waals surface area contributed by atoms with E-state index in [2.05, 4.69) is 117 Å². The van der Waals surface area contributed by atoms with Crippen molar-refractivity contribution in [2.45, 2.75) is 20.3 Å². The van der Waals surface area contributed by atoms with Crippen LogP contribution in [-0.2, 0) is 0 Å². The summed E-state index contributed by atoms with van der Waals surface area (Å²) in [5.41, 5.74) is 0. The van der Waals surface area contributed by atoms with E-state index in [1.165, 1.54) is 15.9 Å². The van der Waals surface area contributed by atoms with Gasteiger partial charge >= 0.3 is 0 Å². The second kappa shape index (κ2) is 10.8. The SMILES string of the molecule is CC(C)/C=C\CC[P+](c1ccccc1)(c1ccccc1)c1ccccc1.[I-]. The van der Waals surface area contributed by atoms with Crippen LogP contribution in [0.4, 0.5) is 0 Å². The monoisotopic (exact) mass is 486 g/mol. The summed E-state index contributed by atoms with van der Waals surface area (Å²) in [7, 11) is -1.66. The van der Waals surface area contributed by atoms with E-state index in [1.807, 2.05) is 0 Å². The lowest BCUT2D eigenvalue weighted by Gasteiger charge is -2.27. The molecule has 0 nitrogen and oxygen atoms in total. The Hall–Kier alpha value is -1.44. The van der Waals surface area contributed by atoms with Crippen LogP contribution in [0.3, 0.4) is 0 Å². The summed E-state index contributed by atoms with van der Waals surface area (Å²) < 4.78 is 0. The summed E-state index contributed by atoms with van der Waals surface area (Å²) in [6.07, 6.45) is 6.96. The predicted octanol–water partition coefficient (Wildman–Crippen LogP) is 2.59.